The van der Waals surface area contributed by atoms with Crippen molar-refractivity contribution in [1.29, 1.82) is 0 Å². The van der Waals surface area contributed by atoms with Crippen molar-refractivity contribution >= 4 is 5.91 Å². The summed E-state index contributed by atoms with van der Waals surface area (Å²) in [5, 5.41) is 13.9. The zero-order valence-corrected chi connectivity index (χ0v) is 12.1. The highest BCUT2D eigenvalue weighted by atomic mass is 16.3. The number of carbonyl (C=O) groups is 1. The summed E-state index contributed by atoms with van der Waals surface area (Å²) in [7, 11) is 0. The first-order chi connectivity index (χ1) is 9.90. The third-order valence-corrected chi connectivity index (χ3v) is 4.47. The third-order valence-electron chi connectivity index (χ3n) is 4.47. The van der Waals surface area contributed by atoms with E-state index in [1.165, 1.54) is 6.33 Å². The van der Waals surface area contributed by atoms with Gasteiger partial charge >= 0.3 is 0 Å². The van der Waals surface area contributed by atoms with Crippen molar-refractivity contribution in [1.82, 2.24) is 14.8 Å². The number of carbonyl (C=O) groups excluding carboxylic acids is 1. The van der Waals surface area contributed by atoms with E-state index in [1.54, 1.807) is 16.8 Å². The molecule has 112 valence electrons. The Morgan fingerprint density at radius 3 is 2.67 bits per heavy atom. The molecule has 0 bridgehead atoms. The second-order valence-corrected chi connectivity index (χ2v) is 5.53. The van der Waals surface area contributed by atoms with Gasteiger partial charge in [0.1, 0.15) is 6.33 Å². The van der Waals surface area contributed by atoms with Gasteiger partial charge in [-0.25, -0.2) is 9.67 Å². The lowest BCUT2D eigenvalue weighted by atomic mass is 9.76. The summed E-state index contributed by atoms with van der Waals surface area (Å²) in [6, 6.07) is -0.247. The summed E-state index contributed by atoms with van der Waals surface area (Å²) < 4.78 is 1.56. The fourth-order valence-electron chi connectivity index (χ4n) is 3.16. The zero-order chi connectivity index (χ0) is 15.8. The maximum absolute atomic E-state index is 11.2. The quantitative estimate of drug-likeness (QED) is 0.793. The van der Waals surface area contributed by atoms with E-state index in [2.05, 4.69) is 29.8 Å². The molecule has 0 aromatic carbocycles. The molecule has 1 fully saturated rings. The van der Waals surface area contributed by atoms with E-state index in [0.717, 1.165) is 5.57 Å². The predicted molar refractivity (Wildman–Crippen MR) is 79.3 cm³/mol. The predicted octanol–water partition coefficient (Wildman–Crippen LogP) is 1.09. The number of aliphatic hydroxyl groups is 1. The molecule has 0 unspecified atom stereocenters. The van der Waals surface area contributed by atoms with Crippen molar-refractivity contribution in [3.8, 4) is 0 Å². The number of allylic oxidation sites excluding steroid dienone is 2. The summed E-state index contributed by atoms with van der Waals surface area (Å²) in [5.41, 5.74) is 5.47. The number of aromatic nitrogens is 3. The SMILES string of the molecule is C=C[C@H]1[C@H](n2cnc(C(N)=O)n2)C(=C)[C@](C)(CO)[C@H]1C=C. The molecule has 1 heterocycles. The lowest BCUT2D eigenvalue weighted by molar-refractivity contribution is 0.0990. The number of hydrogen-bond donors (Lipinski definition) is 2. The van der Waals surface area contributed by atoms with E-state index in [4.69, 9.17) is 5.73 Å². The van der Waals surface area contributed by atoms with Crippen molar-refractivity contribution in [3.63, 3.8) is 0 Å². The first-order valence-electron chi connectivity index (χ1n) is 6.67. The van der Waals surface area contributed by atoms with Crippen LogP contribution in [-0.4, -0.2) is 32.4 Å². The number of nitrogens with two attached hydrogens (primary N) is 1. The molecule has 1 aromatic heterocycles. The van der Waals surface area contributed by atoms with Crippen LogP contribution in [0.4, 0.5) is 0 Å². The minimum Gasteiger partial charge on any atom is -0.395 e. The van der Waals surface area contributed by atoms with E-state index in [1.807, 2.05) is 6.92 Å². The topological polar surface area (TPSA) is 94.0 Å². The minimum atomic E-state index is -0.683. The van der Waals surface area contributed by atoms with Crippen LogP contribution in [0, 0.1) is 17.3 Å². The van der Waals surface area contributed by atoms with Gasteiger partial charge in [-0.05, 0) is 11.5 Å². The smallest absolute Gasteiger partial charge is 0.288 e. The van der Waals surface area contributed by atoms with Gasteiger partial charge in [-0.15, -0.1) is 18.3 Å². The molecule has 0 spiro atoms. The van der Waals surface area contributed by atoms with E-state index in [9.17, 15) is 9.90 Å². The molecule has 1 saturated carbocycles. The second-order valence-electron chi connectivity index (χ2n) is 5.53. The van der Waals surface area contributed by atoms with Gasteiger partial charge in [0.2, 0.25) is 5.82 Å². The minimum absolute atomic E-state index is 0.0290. The average molecular weight is 288 g/mol. The number of amides is 1. The molecule has 1 amide bonds. The summed E-state index contributed by atoms with van der Waals surface area (Å²) >= 11 is 0. The number of nitrogens with zero attached hydrogens (tertiary/aromatic N) is 3. The molecule has 6 heteroatoms. The number of primary amides is 1. The molecule has 6 nitrogen and oxygen atoms in total. The maximum atomic E-state index is 11.2. The first kappa shape index (κ1) is 15.2. The Balaban J connectivity index is 2.50. The number of aliphatic hydroxyl groups excluding tert-OH is 1. The molecule has 0 aliphatic heterocycles. The van der Waals surface area contributed by atoms with Crippen LogP contribution in [0.3, 0.4) is 0 Å². The molecule has 1 aliphatic rings. The Bertz CT molecular complexity index is 607. The van der Waals surface area contributed by atoms with Crippen molar-refractivity contribution < 1.29 is 9.90 Å². The molecule has 2 rings (SSSR count). The fraction of sp³-hybridized carbons (Fsp3) is 0.400. The van der Waals surface area contributed by atoms with E-state index in [0.29, 0.717) is 0 Å². The largest absolute Gasteiger partial charge is 0.395 e. The van der Waals surface area contributed by atoms with Crippen LogP contribution < -0.4 is 5.73 Å². The van der Waals surface area contributed by atoms with Gasteiger partial charge in [0.15, 0.2) is 0 Å². The third kappa shape index (κ3) is 2.12. The van der Waals surface area contributed by atoms with Crippen molar-refractivity contribution in [2.45, 2.75) is 13.0 Å². The number of hydrogen-bond acceptors (Lipinski definition) is 4. The van der Waals surface area contributed by atoms with Crippen LogP contribution in [0.1, 0.15) is 23.6 Å². The summed E-state index contributed by atoms with van der Waals surface area (Å²) in [5.74, 6) is -0.802. The van der Waals surface area contributed by atoms with Crippen molar-refractivity contribution in [2.24, 2.45) is 23.0 Å². The van der Waals surface area contributed by atoms with E-state index < -0.39 is 11.3 Å². The highest BCUT2D eigenvalue weighted by molar-refractivity contribution is 5.88. The molecule has 3 N–H and O–H groups in total. The maximum Gasteiger partial charge on any atom is 0.288 e. The number of rotatable bonds is 5. The molecule has 0 saturated heterocycles. The van der Waals surface area contributed by atoms with Crippen molar-refractivity contribution in [3.05, 3.63) is 49.6 Å². The van der Waals surface area contributed by atoms with Crippen LogP contribution >= 0.6 is 0 Å². The van der Waals surface area contributed by atoms with Crippen LogP contribution in [0.25, 0.3) is 0 Å². The molecule has 1 aliphatic carbocycles. The van der Waals surface area contributed by atoms with Crippen molar-refractivity contribution in [2.75, 3.05) is 6.61 Å². The Hall–Kier alpha value is -2.21. The zero-order valence-electron chi connectivity index (χ0n) is 12.1. The lowest BCUT2D eigenvalue weighted by Crippen LogP contribution is -2.28. The van der Waals surface area contributed by atoms with Gasteiger partial charge in [0.05, 0.1) is 12.6 Å². The van der Waals surface area contributed by atoms with Crippen LogP contribution in [0.15, 0.2) is 43.8 Å². The summed E-state index contributed by atoms with van der Waals surface area (Å²) in [4.78, 5) is 15.1. The van der Waals surface area contributed by atoms with Gasteiger partial charge in [0.25, 0.3) is 5.91 Å². The molecule has 4 atom stereocenters. The Morgan fingerprint density at radius 1 is 1.57 bits per heavy atom. The van der Waals surface area contributed by atoms with Crippen LogP contribution in [0.5, 0.6) is 0 Å². The van der Waals surface area contributed by atoms with E-state index >= 15 is 0 Å². The fourth-order valence-corrected chi connectivity index (χ4v) is 3.16. The van der Waals surface area contributed by atoms with Crippen LogP contribution in [-0.2, 0) is 0 Å². The monoisotopic (exact) mass is 288 g/mol. The average Bonchev–Trinajstić information content (AvgIpc) is 3.02. The second kappa shape index (κ2) is 5.29. The standard InChI is InChI=1S/C15H20N4O2/c1-5-10-11(6-2)15(4,7-20)9(3)12(10)19-8-17-14(18-19)13(16)21/h5-6,8,10-12,20H,1-3,7H2,4H3,(H2,16,21)/t10-,11+,12-,15+/m1/s1. The van der Waals surface area contributed by atoms with Gasteiger partial charge in [-0.1, -0.05) is 25.7 Å². The molecule has 0 radical (unpaired) electrons. The normalized spacial score (nSPS) is 32.1. The van der Waals surface area contributed by atoms with Gasteiger partial charge in [0, 0.05) is 11.3 Å². The molecular weight excluding hydrogens is 268 g/mol. The highest BCUT2D eigenvalue weighted by Gasteiger charge is 2.52. The first-order valence-corrected chi connectivity index (χ1v) is 6.67. The molecule has 1 aromatic rings. The molecular formula is C15H20N4O2. The molecule has 21 heavy (non-hydrogen) atoms. The Labute approximate surface area is 123 Å². The van der Waals surface area contributed by atoms with Gasteiger partial charge < -0.3 is 10.8 Å². The highest BCUT2D eigenvalue weighted by Crippen LogP contribution is 2.55. The van der Waals surface area contributed by atoms with Gasteiger partial charge in [-0.2, -0.15) is 0 Å². The Kier molecular flexibility index (Phi) is 3.82. The summed E-state index contributed by atoms with van der Waals surface area (Å²) in [6.45, 7) is 13.7. The van der Waals surface area contributed by atoms with E-state index in [-0.39, 0.29) is 30.3 Å². The van der Waals surface area contributed by atoms with Crippen LogP contribution in [0.2, 0.25) is 0 Å². The lowest BCUT2D eigenvalue weighted by Gasteiger charge is -2.29. The van der Waals surface area contributed by atoms with Gasteiger partial charge in [-0.3, -0.25) is 4.79 Å². The summed E-state index contributed by atoms with van der Waals surface area (Å²) in [6.07, 6.45) is 5.06. The Morgan fingerprint density at radius 2 is 2.24 bits per heavy atom.